The minimum Gasteiger partial charge on any atom is -0.409 e. The van der Waals surface area contributed by atoms with Crippen LogP contribution in [0.5, 0.6) is 0 Å². The lowest BCUT2D eigenvalue weighted by Crippen LogP contribution is -2.38. The SMILES string of the molecule is Cc1nn(C)c(N2CCC(O)CC2)c1C(N)=NO. The number of aryl methyl sites for hydroxylation is 2. The van der Waals surface area contributed by atoms with Crippen molar-refractivity contribution in [2.75, 3.05) is 18.0 Å². The number of piperidine rings is 1. The summed E-state index contributed by atoms with van der Waals surface area (Å²) in [5.41, 5.74) is 7.11. The largest absolute Gasteiger partial charge is 0.409 e. The molecule has 0 radical (unpaired) electrons. The number of hydrogen-bond donors (Lipinski definition) is 3. The molecule has 0 saturated carbocycles. The first kappa shape index (κ1) is 12.7. The molecule has 0 unspecified atom stereocenters. The molecule has 0 bridgehead atoms. The highest BCUT2D eigenvalue weighted by Crippen LogP contribution is 2.26. The number of hydrogen-bond acceptors (Lipinski definition) is 5. The highest BCUT2D eigenvalue weighted by atomic mass is 16.4. The lowest BCUT2D eigenvalue weighted by atomic mass is 10.1. The molecule has 4 N–H and O–H groups in total. The predicted molar refractivity (Wildman–Crippen MR) is 67.9 cm³/mol. The minimum atomic E-state index is -0.233. The van der Waals surface area contributed by atoms with Crippen molar-refractivity contribution in [2.45, 2.75) is 25.9 Å². The smallest absolute Gasteiger partial charge is 0.175 e. The van der Waals surface area contributed by atoms with Crippen LogP contribution in [0.1, 0.15) is 24.1 Å². The molecule has 1 fully saturated rings. The van der Waals surface area contributed by atoms with Gasteiger partial charge in [-0.15, -0.1) is 0 Å². The van der Waals surface area contributed by atoms with Crippen molar-refractivity contribution >= 4 is 11.7 Å². The van der Waals surface area contributed by atoms with Crippen LogP contribution >= 0.6 is 0 Å². The Morgan fingerprint density at radius 3 is 2.61 bits per heavy atom. The van der Waals surface area contributed by atoms with Crippen LogP contribution in [-0.4, -0.2) is 45.1 Å². The summed E-state index contributed by atoms with van der Waals surface area (Å²) in [7, 11) is 1.83. The van der Waals surface area contributed by atoms with Crippen LogP contribution in [0.25, 0.3) is 0 Å². The van der Waals surface area contributed by atoms with E-state index in [-0.39, 0.29) is 11.9 Å². The van der Waals surface area contributed by atoms with Gasteiger partial charge in [0.25, 0.3) is 0 Å². The third-order valence-electron chi connectivity index (χ3n) is 3.32. The van der Waals surface area contributed by atoms with Crippen LogP contribution in [0.3, 0.4) is 0 Å². The Morgan fingerprint density at radius 2 is 2.06 bits per heavy atom. The fraction of sp³-hybridized carbons (Fsp3) is 0.636. The van der Waals surface area contributed by atoms with E-state index < -0.39 is 0 Å². The molecule has 1 aliphatic rings. The Kier molecular flexibility index (Phi) is 3.42. The van der Waals surface area contributed by atoms with Crippen molar-refractivity contribution in [3.63, 3.8) is 0 Å². The van der Waals surface area contributed by atoms with Crippen LogP contribution in [0.4, 0.5) is 5.82 Å². The maximum Gasteiger partial charge on any atom is 0.175 e. The van der Waals surface area contributed by atoms with E-state index in [1.54, 1.807) is 4.68 Å². The van der Waals surface area contributed by atoms with Crippen molar-refractivity contribution in [2.24, 2.45) is 17.9 Å². The Hall–Kier alpha value is -1.76. The molecular weight excluding hydrogens is 234 g/mol. The summed E-state index contributed by atoms with van der Waals surface area (Å²) >= 11 is 0. The number of oxime groups is 1. The van der Waals surface area contributed by atoms with Gasteiger partial charge in [0.1, 0.15) is 5.82 Å². The van der Waals surface area contributed by atoms with Crippen LogP contribution in [0, 0.1) is 6.92 Å². The highest BCUT2D eigenvalue weighted by molar-refractivity contribution is 6.02. The van der Waals surface area contributed by atoms with E-state index in [2.05, 4.69) is 15.2 Å². The normalized spacial score (nSPS) is 18.4. The number of aromatic nitrogens is 2. The van der Waals surface area contributed by atoms with Crippen LogP contribution in [0.15, 0.2) is 5.16 Å². The number of anilines is 1. The average molecular weight is 253 g/mol. The number of aliphatic hydroxyl groups is 1. The van der Waals surface area contributed by atoms with E-state index in [0.29, 0.717) is 5.56 Å². The van der Waals surface area contributed by atoms with Gasteiger partial charge in [0.05, 0.1) is 17.4 Å². The number of rotatable bonds is 2. The van der Waals surface area contributed by atoms with Gasteiger partial charge in [-0.25, -0.2) is 0 Å². The van der Waals surface area contributed by atoms with Crippen molar-refractivity contribution in [1.82, 2.24) is 9.78 Å². The molecule has 2 rings (SSSR count). The summed E-state index contributed by atoms with van der Waals surface area (Å²) in [6, 6.07) is 0. The van der Waals surface area contributed by atoms with Gasteiger partial charge in [0.15, 0.2) is 5.84 Å². The van der Waals surface area contributed by atoms with E-state index >= 15 is 0 Å². The zero-order chi connectivity index (χ0) is 13.3. The summed E-state index contributed by atoms with van der Waals surface area (Å²) in [6.45, 7) is 3.31. The number of amidine groups is 1. The van der Waals surface area contributed by atoms with Crippen molar-refractivity contribution in [3.05, 3.63) is 11.3 Å². The predicted octanol–water partition coefficient (Wildman–Crippen LogP) is -0.216. The summed E-state index contributed by atoms with van der Waals surface area (Å²) in [6.07, 6.45) is 1.21. The molecule has 0 atom stereocenters. The Balaban J connectivity index is 2.38. The minimum absolute atomic E-state index is 0.0710. The Bertz CT molecular complexity index is 460. The van der Waals surface area contributed by atoms with Gasteiger partial charge in [-0.1, -0.05) is 5.16 Å². The van der Waals surface area contributed by atoms with Crippen molar-refractivity contribution < 1.29 is 10.3 Å². The molecule has 1 saturated heterocycles. The molecule has 7 nitrogen and oxygen atoms in total. The van der Waals surface area contributed by atoms with Gasteiger partial charge in [-0.3, -0.25) is 4.68 Å². The molecule has 18 heavy (non-hydrogen) atoms. The summed E-state index contributed by atoms with van der Waals surface area (Å²) in [4.78, 5) is 2.11. The maximum atomic E-state index is 9.54. The third kappa shape index (κ3) is 2.13. The fourth-order valence-corrected chi connectivity index (χ4v) is 2.44. The first-order valence-corrected chi connectivity index (χ1v) is 5.99. The topological polar surface area (TPSA) is 99.9 Å². The van der Waals surface area contributed by atoms with Crippen LogP contribution in [0.2, 0.25) is 0 Å². The quantitative estimate of drug-likeness (QED) is 0.293. The van der Waals surface area contributed by atoms with Gasteiger partial charge in [0, 0.05) is 20.1 Å². The van der Waals surface area contributed by atoms with Gasteiger partial charge in [-0.05, 0) is 19.8 Å². The van der Waals surface area contributed by atoms with E-state index in [1.807, 2.05) is 14.0 Å². The fourth-order valence-electron chi connectivity index (χ4n) is 2.44. The first-order chi connectivity index (χ1) is 8.54. The van der Waals surface area contributed by atoms with E-state index in [4.69, 9.17) is 10.9 Å². The molecule has 1 aromatic rings. The molecule has 0 amide bonds. The van der Waals surface area contributed by atoms with Gasteiger partial charge >= 0.3 is 0 Å². The Labute approximate surface area is 105 Å². The first-order valence-electron chi connectivity index (χ1n) is 5.99. The lowest BCUT2D eigenvalue weighted by molar-refractivity contribution is 0.145. The van der Waals surface area contributed by atoms with E-state index in [9.17, 15) is 5.11 Å². The molecule has 7 heteroatoms. The van der Waals surface area contributed by atoms with Gasteiger partial charge in [-0.2, -0.15) is 5.10 Å². The maximum absolute atomic E-state index is 9.54. The molecule has 1 aromatic heterocycles. The van der Waals surface area contributed by atoms with Crippen molar-refractivity contribution in [1.29, 1.82) is 0 Å². The van der Waals surface area contributed by atoms with E-state index in [0.717, 1.165) is 37.4 Å². The molecule has 0 spiro atoms. The zero-order valence-corrected chi connectivity index (χ0v) is 10.7. The summed E-state index contributed by atoms with van der Waals surface area (Å²) in [5.74, 6) is 0.913. The summed E-state index contributed by atoms with van der Waals surface area (Å²) in [5, 5.41) is 25.8. The highest BCUT2D eigenvalue weighted by Gasteiger charge is 2.25. The second-order valence-corrected chi connectivity index (χ2v) is 4.61. The number of nitrogens with zero attached hydrogens (tertiary/aromatic N) is 4. The van der Waals surface area contributed by atoms with Crippen molar-refractivity contribution in [3.8, 4) is 0 Å². The van der Waals surface area contributed by atoms with Crippen LogP contribution < -0.4 is 10.6 Å². The van der Waals surface area contributed by atoms with Gasteiger partial charge < -0.3 is 20.9 Å². The standard InChI is InChI=1S/C11H19N5O2/c1-7-9(10(12)14-18)11(15(2)13-7)16-5-3-8(17)4-6-16/h8,17-18H,3-6H2,1-2H3,(H2,12,14). The zero-order valence-electron chi connectivity index (χ0n) is 10.7. The lowest BCUT2D eigenvalue weighted by Gasteiger charge is -2.31. The van der Waals surface area contributed by atoms with E-state index in [1.165, 1.54) is 0 Å². The molecular formula is C11H19N5O2. The number of nitrogens with two attached hydrogens (primary N) is 1. The molecule has 2 heterocycles. The number of aliphatic hydroxyl groups excluding tert-OH is 1. The monoisotopic (exact) mass is 253 g/mol. The average Bonchev–Trinajstić information content (AvgIpc) is 2.64. The summed E-state index contributed by atoms with van der Waals surface area (Å²) < 4.78 is 1.74. The molecule has 100 valence electrons. The van der Waals surface area contributed by atoms with Crippen LogP contribution in [-0.2, 0) is 7.05 Å². The third-order valence-corrected chi connectivity index (χ3v) is 3.32. The molecule has 0 aromatic carbocycles. The van der Waals surface area contributed by atoms with Gasteiger partial charge in [0.2, 0.25) is 0 Å². The molecule has 0 aliphatic carbocycles. The molecule has 1 aliphatic heterocycles. The Morgan fingerprint density at radius 1 is 1.44 bits per heavy atom. The second-order valence-electron chi connectivity index (χ2n) is 4.61. The second kappa shape index (κ2) is 4.85.